The van der Waals surface area contributed by atoms with Gasteiger partial charge in [0.1, 0.15) is 5.00 Å². The number of aromatic nitrogens is 1. The second-order valence-corrected chi connectivity index (χ2v) is 4.57. The highest BCUT2D eigenvalue weighted by atomic mass is 32.1. The van der Waals surface area contributed by atoms with Gasteiger partial charge in [-0.15, -0.1) is 0 Å². The molecule has 0 bridgehead atoms. The number of anilines is 2. The molecule has 1 aliphatic rings. The molecule has 15 heavy (non-hydrogen) atoms. The van der Waals surface area contributed by atoms with Crippen LogP contribution in [0, 0.1) is 0 Å². The smallest absolute Gasteiger partial charge is 0.241 e. The van der Waals surface area contributed by atoms with Crippen LogP contribution in [-0.4, -0.2) is 35.4 Å². The third-order valence-electron chi connectivity index (χ3n) is 2.37. The van der Waals surface area contributed by atoms with Crippen molar-refractivity contribution in [1.29, 1.82) is 0 Å². The highest BCUT2D eigenvalue weighted by Gasteiger charge is 2.17. The molecule has 0 saturated carbocycles. The highest BCUT2D eigenvalue weighted by Crippen LogP contribution is 2.19. The van der Waals surface area contributed by atoms with Gasteiger partial charge in [-0.2, -0.15) is 0 Å². The van der Waals surface area contributed by atoms with E-state index in [0.717, 1.165) is 25.9 Å². The van der Waals surface area contributed by atoms with E-state index >= 15 is 0 Å². The van der Waals surface area contributed by atoms with Gasteiger partial charge in [-0.1, -0.05) is 11.3 Å². The number of nitrogens with zero attached hydrogens (tertiary/aromatic N) is 2. The van der Waals surface area contributed by atoms with Gasteiger partial charge in [0.25, 0.3) is 0 Å². The fourth-order valence-electron chi connectivity index (χ4n) is 1.60. The summed E-state index contributed by atoms with van der Waals surface area (Å²) in [5.74, 6) is 0.140. The van der Waals surface area contributed by atoms with Gasteiger partial charge in [0.2, 0.25) is 5.91 Å². The third-order valence-corrected chi connectivity index (χ3v) is 3.16. The lowest BCUT2D eigenvalue weighted by molar-refractivity contribution is -0.128. The Kier molecular flexibility index (Phi) is 3.05. The summed E-state index contributed by atoms with van der Waals surface area (Å²) in [5, 5.41) is 4.35. The van der Waals surface area contributed by atoms with Gasteiger partial charge in [-0.25, -0.2) is 4.98 Å². The quantitative estimate of drug-likeness (QED) is 0.798. The maximum atomic E-state index is 11.6. The third kappa shape index (κ3) is 2.59. The number of nitrogens with one attached hydrogen (secondary N) is 1. The molecule has 1 aromatic heterocycles. The topological polar surface area (TPSA) is 71.2 Å². The molecule has 6 heteroatoms. The van der Waals surface area contributed by atoms with Gasteiger partial charge in [0.15, 0.2) is 5.13 Å². The standard InChI is InChI=1S/C9H14N4OS/c10-7-5-11-9(15-7)12-6-8(14)13-3-1-2-4-13/h5H,1-4,6,10H2,(H,11,12). The Morgan fingerprint density at radius 2 is 2.33 bits per heavy atom. The van der Waals surface area contributed by atoms with Crippen molar-refractivity contribution in [3.63, 3.8) is 0 Å². The Balaban J connectivity index is 1.80. The monoisotopic (exact) mass is 226 g/mol. The van der Waals surface area contributed by atoms with Gasteiger partial charge < -0.3 is 16.0 Å². The predicted octanol–water partition coefficient (Wildman–Crippen LogP) is 0.760. The lowest BCUT2D eigenvalue weighted by Crippen LogP contribution is -2.32. The number of carbonyl (C=O) groups is 1. The Morgan fingerprint density at radius 3 is 2.93 bits per heavy atom. The number of hydrogen-bond acceptors (Lipinski definition) is 5. The predicted molar refractivity (Wildman–Crippen MR) is 60.8 cm³/mol. The SMILES string of the molecule is Nc1cnc(NCC(=O)N2CCCC2)s1. The maximum Gasteiger partial charge on any atom is 0.241 e. The number of rotatable bonds is 3. The van der Waals surface area contributed by atoms with Crippen LogP contribution in [-0.2, 0) is 4.79 Å². The van der Waals surface area contributed by atoms with E-state index in [0.29, 0.717) is 16.7 Å². The van der Waals surface area contributed by atoms with Crippen molar-refractivity contribution < 1.29 is 4.79 Å². The first kappa shape index (κ1) is 10.2. The zero-order valence-electron chi connectivity index (χ0n) is 8.40. The van der Waals surface area contributed by atoms with E-state index in [1.807, 2.05) is 4.90 Å². The van der Waals surface area contributed by atoms with Crippen LogP contribution >= 0.6 is 11.3 Å². The van der Waals surface area contributed by atoms with Crippen LogP contribution in [0.5, 0.6) is 0 Å². The molecule has 82 valence electrons. The van der Waals surface area contributed by atoms with Crippen LogP contribution in [0.15, 0.2) is 6.20 Å². The molecule has 1 saturated heterocycles. The van der Waals surface area contributed by atoms with Gasteiger partial charge in [-0.3, -0.25) is 4.79 Å². The number of nitrogen functional groups attached to an aromatic ring is 1. The van der Waals surface area contributed by atoms with E-state index in [1.54, 1.807) is 6.20 Å². The summed E-state index contributed by atoms with van der Waals surface area (Å²) < 4.78 is 0. The number of nitrogens with two attached hydrogens (primary N) is 1. The molecule has 0 aromatic carbocycles. The molecule has 1 fully saturated rings. The summed E-state index contributed by atoms with van der Waals surface area (Å²) in [6, 6.07) is 0. The van der Waals surface area contributed by atoms with Crippen molar-refractivity contribution in [2.24, 2.45) is 0 Å². The van der Waals surface area contributed by atoms with E-state index < -0.39 is 0 Å². The fourth-order valence-corrected chi connectivity index (χ4v) is 2.18. The number of carbonyl (C=O) groups excluding carboxylic acids is 1. The van der Waals surface area contributed by atoms with Crippen molar-refractivity contribution >= 4 is 27.4 Å². The molecule has 0 spiro atoms. The second kappa shape index (κ2) is 4.48. The molecular weight excluding hydrogens is 212 g/mol. The molecule has 2 rings (SSSR count). The van der Waals surface area contributed by atoms with Gasteiger partial charge >= 0.3 is 0 Å². The van der Waals surface area contributed by atoms with Crippen LogP contribution in [0.25, 0.3) is 0 Å². The first-order chi connectivity index (χ1) is 7.25. The molecule has 0 unspecified atom stereocenters. The van der Waals surface area contributed by atoms with Crippen LogP contribution in [0.4, 0.5) is 10.1 Å². The zero-order valence-corrected chi connectivity index (χ0v) is 9.22. The van der Waals surface area contributed by atoms with E-state index in [4.69, 9.17) is 5.73 Å². The second-order valence-electron chi connectivity index (χ2n) is 3.51. The molecule has 2 heterocycles. The summed E-state index contributed by atoms with van der Waals surface area (Å²) in [6.07, 6.45) is 3.83. The largest absolute Gasteiger partial charge is 0.389 e. The molecule has 0 atom stereocenters. The molecule has 1 aromatic rings. The highest BCUT2D eigenvalue weighted by molar-refractivity contribution is 7.19. The molecule has 3 N–H and O–H groups in total. The van der Waals surface area contributed by atoms with Crippen molar-refractivity contribution in [2.45, 2.75) is 12.8 Å². The molecular formula is C9H14N4OS. The molecule has 0 radical (unpaired) electrons. The van der Waals surface area contributed by atoms with E-state index in [1.165, 1.54) is 11.3 Å². The average Bonchev–Trinajstić information content (AvgIpc) is 2.84. The Bertz CT molecular complexity index is 346. The number of likely N-dealkylation sites (tertiary alicyclic amines) is 1. The maximum absolute atomic E-state index is 11.6. The van der Waals surface area contributed by atoms with Gasteiger partial charge in [-0.05, 0) is 12.8 Å². The van der Waals surface area contributed by atoms with Crippen LogP contribution in [0.3, 0.4) is 0 Å². The van der Waals surface area contributed by atoms with Crippen molar-refractivity contribution in [3.05, 3.63) is 6.20 Å². The summed E-state index contributed by atoms with van der Waals surface area (Å²) >= 11 is 1.36. The van der Waals surface area contributed by atoms with Crippen molar-refractivity contribution in [2.75, 3.05) is 30.7 Å². The zero-order chi connectivity index (χ0) is 10.7. The van der Waals surface area contributed by atoms with Crippen LogP contribution in [0.2, 0.25) is 0 Å². The molecule has 5 nitrogen and oxygen atoms in total. The minimum absolute atomic E-state index is 0.140. The Hall–Kier alpha value is -1.30. The van der Waals surface area contributed by atoms with Crippen LogP contribution in [0.1, 0.15) is 12.8 Å². The van der Waals surface area contributed by atoms with Gasteiger partial charge in [0.05, 0.1) is 12.7 Å². The average molecular weight is 226 g/mol. The first-order valence-electron chi connectivity index (χ1n) is 4.98. The van der Waals surface area contributed by atoms with E-state index in [9.17, 15) is 4.79 Å². The van der Waals surface area contributed by atoms with E-state index in [-0.39, 0.29) is 5.91 Å². The minimum Gasteiger partial charge on any atom is -0.389 e. The van der Waals surface area contributed by atoms with Crippen molar-refractivity contribution in [1.82, 2.24) is 9.88 Å². The lowest BCUT2D eigenvalue weighted by Gasteiger charge is -2.14. The Labute approximate surface area is 92.3 Å². The molecule has 1 amide bonds. The molecule has 0 aliphatic carbocycles. The summed E-state index contributed by atoms with van der Waals surface area (Å²) in [7, 11) is 0. The van der Waals surface area contributed by atoms with Gasteiger partial charge in [0, 0.05) is 13.1 Å². The number of hydrogen-bond donors (Lipinski definition) is 2. The number of thiazole rings is 1. The lowest BCUT2D eigenvalue weighted by atomic mass is 10.4. The molecule has 1 aliphatic heterocycles. The minimum atomic E-state index is 0.140. The Morgan fingerprint density at radius 1 is 1.60 bits per heavy atom. The van der Waals surface area contributed by atoms with E-state index in [2.05, 4.69) is 10.3 Å². The first-order valence-corrected chi connectivity index (χ1v) is 5.80. The summed E-state index contributed by atoms with van der Waals surface area (Å²) in [6.45, 7) is 2.09. The summed E-state index contributed by atoms with van der Waals surface area (Å²) in [5.41, 5.74) is 5.53. The fraction of sp³-hybridized carbons (Fsp3) is 0.556. The number of amides is 1. The summed E-state index contributed by atoms with van der Waals surface area (Å²) in [4.78, 5) is 17.5. The normalized spacial score (nSPS) is 15.6. The van der Waals surface area contributed by atoms with Crippen LogP contribution < -0.4 is 11.1 Å². The van der Waals surface area contributed by atoms with Crippen molar-refractivity contribution in [3.8, 4) is 0 Å².